The van der Waals surface area contributed by atoms with Gasteiger partial charge in [0.2, 0.25) is 0 Å². The third-order valence-corrected chi connectivity index (χ3v) is 2.71. The van der Waals surface area contributed by atoms with Crippen LogP contribution in [0, 0.1) is 16.6 Å². The number of nitrogens with one attached hydrogen (secondary N) is 5. The van der Waals surface area contributed by atoms with E-state index in [0.717, 1.165) is 10.9 Å². The van der Waals surface area contributed by atoms with Crippen LogP contribution in [0.2, 0.25) is 0 Å². The van der Waals surface area contributed by atoms with Gasteiger partial charge in [0.05, 0.1) is 5.52 Å². The minimum atomic E-state index is -0.285. The molecule has 7 heteroatoms. The van der Waals surface area contributed by atoms with Crippen molar-refractivity contribution in [2.24, 2.45) is 5.73 Å². The molecule has 1 aromatic carbocycles. The number of aromatic amines is 1. The number of benzene rings is 1. The first kappa shape index (κ1) is 12.9. The molecule has 7 N–H and O–H groups in total. The number of rotatable bonds is 3. The number of guanidine groups is 2. The Balaban J connectivity index is 1.97. The highest BCUT2D eigenvalue weighted by Crippen LogP contribution is 2.20. The lowest BCUT2D eigenvalue weighted by Crippen LogP contribution is -2.43. The van der Waals surface area contributed by atoms with Crippen LogP contribution in [0.5, 0.6) is 0 Å². The molecule has 0 aliphatic rings. The topological polar surface area (TPSA) is 114 Å². The molecule has 0 unspecified atom stereocenters. The van der Waals surface area contributed by atoms with Crippen molar-refractivity contribution < 1.29 is 4.39 Å². The zero-order chi connectivity index (χ0) is 13.8. The number of para-hydroxylation sites is 1. The molecule has 6 nitrogen and oxygen atoms in total. The van der Waals surface area contributed by atoms with Gasteiger partial charge in [-0.1, -0.05) is 12.1 Å². The van der Waals surface area contributed by atoms with Crippen LogP contribution in [-0.2, 0) is 6.42 Å². The van der Waals surface area contributed by atoms with E-state index < -0.39 is 0 Å². The second-order valence-corrected chi connectivity index (χ2v) is 4.07. The third kappa shape index (κ3) is 3.01. The van der Waals surface area contributed by atoms with Crippen molar-refractivity contribution in [3.8, 4) is 0 Å². The summed E-state index contributed by atoms with van der Waals surface area (Å²) in [6, 6.07) is 4.93. The third-order valence-electron chi connectivity index (χ3n) is 2.71. The van der Waals surface area contributed by atoms with Crippen molar-refractivity contribution >= 4 is 22.8 Å². The predicted octanol–water partition coefficient (Wildman–Crippen LogP) is 0.857. The van der Waals surface area contributed by atoms with Crippen LogP contribution in [0.25, 0.3) is 10.9 Å². The Morgan fingerprint density at radius 2 is 2.16 bits per heavy atom. The number of hydrogen-bond donors (Lipinski definition) is 6. The summed E-state index contributed by atoms with van der Waals surface area (Å²) in [4.78, 5) is 2.90. The van der Waals surface area contributed by atoms with E-state index in [1.165, 1.54) is 6.07 Å². The van der Waals surface area contributed by atoms with Gasteiger partial charge in [-0.05, 0) is 18.1 Å². The Bertz CT molecular complexity index is 618. The molecule has 0 spiro atoms. The fourth-order valence-electron chi connectivity index (χ4n) is 1.88. The van der Waals surface area contributed by atoms with Crippen molar-refractivity contribution in [1.82, 2.24) is 15.6 Å². The SMILES string of the molecule is N=C(N)NC(=N)NCCc1c[nH]c2c(F)cccc12. The first-order valence-corrected chi connectivity index (χ1v) is 5.76. The van der Waals surface area contributed by atoms with Gasteiger partial charge < -0.3 is 16.0 Å². The van der Waals surface area contributed by atoms with Crippen LogP contribution in [0.15, 0.2) is 24.4 Å². The summed E-state index contributed by atoms with van der Waals surface area (Å²) in [6.07, 6.45) is 2.39. The molecule has 0 aliphatic carbocycles. The van der Waals surface area contributed by atoms with E-state index in [-0.39, 0.29) is 17.7 Å². The maximum absolute atomic E-state index is 13.5. The minimum absolute atomic E-state index is 0.0291. The van der Waals surface area contributed by atoms with Crippen molar-refractivity contribution in [2.45, 2.75) is 6.42 Å². The predicted molar refractivity (Wildman–Crippen MR) is 72.7 cm³/mol. The van der Waals surface area contributed by atoms with Crippen molar-refractivity contribution in [3.05, 3.63) is 35.8 Å². The molecule has 0 radical (unpaired) electrons. The standard InChI is InChI=1S/C12H15FN6/c13-9-3-1-2-8-7(6-18-10(8)9)4-5-17-12(16)19-11(14)15/h1-3,6,18H,4-5H2,(H6,14,15,16,17,19). The van der Waals surface area contributed by atoms with E-state index in [1.54, 1.807) is 12.3 Å². The normalized spacial score (nSPS) is 10.4. The summed E-state index contributed by atoms with van der Waals surface area (Å²) in [5.74, 6) is -0.590. The van der Waals surface area contributed by atoms with E-state index in [4.69, 9.17) is 16.6 Å². The molecule has 0 saturated heterocycles. The summed E-state index contributed by atoms with van der Waals surface area (Å²) < 4.78 is 13.5. The van der Waals surface area contributed by atoms with Crippen LogP contribution in [0.3, 0.4) is 0 Å². The monoisotopic (exact) mass is 262 g/mol. The fraction of sp³-hybridized carbons (Fsp3) is 0.167. The summed E-state index contributed by atoms with van der Waals surface area (Å²) in [5, 5.41) is 20.4. The summed E-state index contributed by atoms with van der Waals surface area (Å²) >= 11 is 0. The summed E-state index contributed by atoms with van der Waals surface area (Å²) in [5.41, 5.74) is 6.56. The minimum Gasteiger partial charge on any atom is -0.370 e. The molecule has 2 aromatic rings. The van der Waals surface area contributed by atoms with Crippen LogP contribution in [-0.4, -0.2) is 23.4 Å². The van der Waals surface area contributed by atoms with Crippen LogP contribution in [0.1, 0.15) is 5.56 Å². The van der Waals surface area contributed by atoms with E-state index in [0.29, 0.717) is 18.5 Å². The molecule has 0 atom stereocenters. The molecular weight excluding hydrogens is 247 g/mol. The Morgan fingerprint density at radius 3 is 2.89 bits per heavy atom. The van der Waals surface area contributed by atoms with Crippen LogP contribution in [0.4, 0.5) is 4.39 Å². The van der Waals surface area contributed by atoms with Crippen LogP contribution < -0.4 is 16.4 Å². The molecule has 0 fully saturated rings. The lowest BCUT2D eigenvalue weighted by molar-refractivity contribution is 0.637. The van der Waals surface area contributed by atoms with Gasteiger partial charge in [0.25, 0.3) is 0 Å². The van der Waals surface area contributed by atoms with E-state index in [1.807, 2.05) is 6.07 Å². The lowest BCUT2D eigenvalue weighted by Gasteiger charge is -2.08. The van der Waals surface area contributed by atoms with Gasteiger partial charge in [-0.3, -0.25) is 16.1 Å². The average molecular weight is 262 g/mol. The van der Waals surface area contributed by atoms with Gasteiger partial charge in [0.15, 0.2) is 11.9 Å². The Hall–Kier alpha value is -2.57. The highest BCUT2D eigenvalue weighted by molar-refractivity contribution is 5.94. The maximum Gasteiger partial charge on any atom is 0.195 e. The van der Waals surface area contributed by atoms with Crippen molar-refractivity contribution in [2.75, 3.05) is 6.54 Å². The van der Waals surface area contributed by atoms with Crippen molar-refractivity contribution in [1.29, 1.82) is 10.8 Å². The zero-order valence-electron chi connectivity index (χ0n) is 10.2. The molecular formula is C12H15FN6. The smallest absolute Gasteiger partial charge is 0.195 e. The lowest BCUT2D eigenvalue weighted by atomic mass is 10.1. The molecule has 0 amide bonds. The van der Waals surface area contributed by atoms with Gasteiger partial charge in [0, 0.05) is 18.1 Å². The first-order valence-electron chi connectivity index (χ1n) is 5.76. The fourth-order valence-corrected chi connectivity index (χ4v) is 1.88. The van der Waals surface area contributed by atoms with Gasteiger partial charge in [0.1, 0.15) is 5.82 Å². The molecule has 1 aromatic heterocycles. The molecule has 100 valence electrons. The molecule has 0 aliphatic heterocycles. The highest BCUT2D eigenvalue weighted by atomic mass is 19.1. The van der Waals surface area contributed by atoms with Gasteiger partial charge in [-0.25, -0.2) is 4.39 Å². The summed E-state index contributed by atoms with van der Waals surface area (Å²) in [7, 11) is 0. The second-order valence-electron chi connectivity index (χ2n) is 4.07. The first-order chi connectivity index (χ1) is 9.08. The molecule has 19 heavy (non-hydrogen) atoms. The Morgan fingerprint density at radius 1 is 1.37 bits per heavy atom. The van der Waals surface area contributed by atoms with Crippen molar-refractivity contribution in [3.63, 3.8) is 0 Å². The number of hydrogen-bond acceptors (Lipinski definition) is 2. The van der Waals surface area contributed by atoms with Gasteiger partial charge in [-0.2, -0.15) is 0 Å². The van der Waals surface area contributed by atoms with Gasteiger partial charge >= 0.3 is 0 Å². The largest absolute Gasteiger partial charge is 0.370 e. The maximum atomic E-state index is 13.5. The molecule has 0 saturated carbocycles. The Kier molecular flexibility index (Phi) is 3.65. The number of aromatic nitrogens is 1. The molecule has 1 heterocycles. The average Bonchev–Trinajstić information content (AvgIpc) is 2.73. The van der Waals surface area contributed by atoms with Crippen LogP contribution >= 0.6 is 0 Å². The van der Waals surface area contributed by atoms with Gasteiger partial charge in [-0.15, -0.1) is 0 Å². The number of nitrogens with two attached hydrogens (primary N) is 1. The Labute approximate surface area is 109 Å². The molecule has 0 bridgehead atoms. The zero-order valence-corrected chi connectivity index (χ0v) is 10.2. The van der Waals surface area contributed by atoms with E-state index in [9.17, 15) is 4.39 Å². The number of halogens is 1. The highest BCUT2D eigenvalue weighted by Gasteiger charge is 2.07. The number of fused-ring (bicyclic) bond motifs is 1. The molecule has 2 rings (SSSR count). The van der Waals surface area contributed by atoms with E-state index >= 15 is 0 Å². The van der Waals surface area contributed by atoms with E-state index in [2.05, 4.69) is 15.6 Å². The second kappa shape index (κ2) is 5.38. The quantitative estimate of drug-likeness (QED) is 0.364. The summed E-state index contributed by atoms with van der Waals surface area (Å²) in [6.45, 7) is 0.489. The number of H-pyrrole nitrogens is 1.